The van der Waals surface area contributed by atoms with Crippen molar-refractivity contribution in [3.05, 3.63) is 0 Å². The predicted octanol–water partition coefficient (Wildman–Crippen LogP) is -6.48. The van der Waals surface area contributed by atoms with Crippen LogP contribution in [0.15, 0.2) is 4.99 Å². The van der Waals surface area contributed by atoms with E-state index in [2.05, 4.69) is 52.8 Å². The molecule has 83 heavy (non-hydrogen) atoms. The summed E-state index contributed by atoms with van der Waals surface area (Å²) in [4.78, 5) is 184. The molecule has 0 saturated heterocycles. The molecular formula is C49H85N15O19. The van der Waals surface area contributed by atoms with E-state index in [1.807, 2.05) is 0 Å². The van der Waals surface area contributed by atoms with Gasteiger partial charge in [-0.3, -0.25) is 67.3 Å². The second-order valence-electron chi connectivity index (χ2n) is 20.3. The Labute approximate surface area is 478 Å². The van der Waals surface area contributed by atoms with E-state index in [1.54, 1.807) is 27.7 Å². The first-order valence-corrected chi connectivity index (χ1v) is 26.7. The number of nitrogens with zero attached hydrogens (tertiary/aromatic N) is 1. The van der Waals surface area contributed by atoms with Gasteiger partial charge in [0, 0.05) is 25.8 Å². The Balaban J connectivity index is 6.65. The fraction of sp³-hybridized carbons (Fsp3) is 0.694. The highest BCUT2D eigenvalue weighted by molar-refractivity contribution is 5.99. The van der Waals surface area contributed by atoms with Crippen molar-refractivity contribution >= 4 is 88.9 Å². The molecule has 34 nitrogen and oxygen atoms in total. The van der Waals surface area contributed by atoms with Crippen LogP contribution in [-0.4, -0.2) is 195 Å². The SMILES string of the molecule is CC(C)C[C@H](NC(=O)CNC(=O)[C@H](CCC(=O)O)NC(=O)[C@@H](NC(=O)[C@H](CCC(=O)O)NC(=O)[C@H](CCCCN)NC(=O)[C@H](CCC(=O)O)NC(=O)[C@H](CC(C)C)NC(=O)[C@@H](N)CC(N)=O)[C@@H](C)O)C(=O)N[C@@H](CCCN=C(N)N)C(=O)O. The number of guanidine groups is 1. The van der Waals surface area contributed by atoms with Crippen molar-refractivity contribution in [2.24, 2.45) is 45.5 Å². The minimum atomic E-state index is -2.02. The number of aliphatic hydroxyl groups excluding tert-OH is 1. The van der Waals surface area contributed by atoms with E-state index in [1.165, 1.54) is 0 Å². The van der Waals surface area contributed by atoms with E-state index >= 15 is 0 Å². The molecule has 0 spiro atoms. The van der Waals surface area contributed by atoms with E-state index in [0.717, 1.165) is 6.92 Å². The van der Waals surface area contributed by atoms with Gasteiger partial charge in [-0.1, -0.05) is 27.7 Å². The molecule has 0 aromatic heterocycles. The highest BCUT2D eigenvalue weighted by atomic mass is 16.4. The zero-order valence-electron chi connectivity index (χ0n) is 47.2. The first kappa shape index (κ1) is 74.7. The molecule has 0 heterocycles. The van der Waals surface area contributed by atoms with Gasteiger partial charge in [-0.05, 0) is 89.5 Å². The molecule has 0 saturated carbocycles. The number of carboxylic acids is 4. The maximum Gasteiger partial charge on any atom is 0.326 e. The molecule has 10 atom stereocenters. The highest BCUT2D eigenvalue weighted by Gasteiger charge is 2.36. The van der Waals surface area contributed by atoms with Gasteiger partial charge in [-0.25, -0.2) is 4.79 Å². The summed E-state index contributed by atoms with van der Waals surface area (Å²) in [6, 6.07) is -14.5. The molecule has 0 aliphatic rings. The topological polar surface area (TPSA) is 591 Å². The number of amides is 10. The Bertz CT molecular complexity index is 2280. The standard InChI is InChI=1S/C49H85N15O19/c1-23(2)19-32(45(79)62-31(48(82)83)10-8-18-55-49(53)54)57-35(67)22-56-41(75)28(11-14-36(68)69)61-47(81)39(25(5)65)64-44(78)30(13-16-38(72)73)59-42(76)27(9-6-7-17-50)58-43(77)29(12-15-37(70)71)60-46(80)33(20-24(3)4)63-40(74)26(51)21-34(52)66/h23-33,39,65H,6-22,50-51H2,1-5H3,(H2,52,66)(H,56,75)(H,57,67)(H,58,77)(H,59,76)(H,60,80)(H,61,81)(H,62,79)(H,63,74)(H,64,78)(H,68,69)(H,70,71)(H,72,73)(H,82,83)(H4,53,54,55)/t25-,26+,27+,28+,29+,30+,31+,32+,33+,39+/m1/s1. The summed E-state index contributed by atoms with van der Waals surface area (Å²) in [5.74, 6) is -17.1. The van der Waals surface area contributed by atoms with Crippen LogP contribution in [0.3, 0.4) is 0 Å². The van der Waals surface area contributed by atoms with Crippen molar-refractivity contribution in [2.45, 2.75) is 185 Å². The largest absolute Gasteiger partial charge is 0.481 e. The molecule has 10 amide bonds. The van der Waals surface area contributed by atoms with Gasteiger partial charge in [0.05, 0.1) is 25.1 Å². The second-order valence-corrected chi connectivity index (χ2v) is 20.3. The van der Waals surface area contributed by atoms with Crippen LogP contribution in [-0.2, 0) is 67.1 Å². The van der Waals surface area contributed by atoms with Crippen LogP contribution in [0.25, 0.3) is 0 Å². The number of hydrogen-bond donors (Lipinski definition) is 19. The predicted molar refractivity (Wildman–Crippen MR) is 292 cm³/mol. The minimum absolute atomic E-state index is 0.00371. The van der Waals surface area contributed by atoms with Crippen LogP contribution in [0.5, 0.6) is 0 Å². The fourth-order valence-electron chi connectivity index (χ4n) is 7.67. The van der Waals surface area contributed by atoms with Crippen molar-refractivity contribution in [1.29, 1.82) is 0 Å². The lowest BCUT2D eigenvalue weighted by Crippen LogP contribution is -2.61. The molecule has 0 radical (unpaired) electrons. The number of carbonyl (C=O) groups excluding carboxylic acids is 10. The third-order valence-corrected chi connectivity index (χ3v) is 11.9. The number of carbonyl (C=O) groups is 14. The number of aliphatic carboxylic acids is 4. The van der Waals surface area contributed by atoms with E-state index in [0.29, 0.717) is 0 Å². The van der Waals surface area contributed by atoms with Crippen LogP contribution < -0.4 is 76.5 Å². The number of primary amides is 1. The van der Waals surface area contributed by atoms with E-state index in [-0.39, 0.29) is 75.8 Å². The summed E-state index contributed by atoms with van der Waals surface area (Å²) >= 11 is 0. The molecule has 0 unspecified atom stereocenters. The summed E-state index contributed by atoms with van der Waals surface area (Å²) in [7, 11) is 0. The molecule has 470 valence electrons. The molecule has 0 aromatic carbocycles. The summed E-state index contributed by atoms with van der Waals surface area (Å²) in [6.45, 7) is 7.11. The third-order valence-electron chi connectivity index (χ3n) is 11.9. The number of nitrogens with two attached hydrogens (primary N) is 5. The van der Waals surface area contributed by atoms with Crippen molar-refractivity contribution in [2.75, 3.05) is 19.6 Å². The number of aliphatic imine (C=N–C) groups is 1. The van der Waals surface area contributed by atoms with Gasteiger partial charge in [0.25, 0.3) is 0 Å². The second kappa shape index (κ2) is 39.2. The summed E-state index contributed by atoms with van der Waals surface area (Å²) in [5, 5.41) is 69.6. The zero-order valence-corrected chi connectivity index (χ0v) is 47.2. The Kier molecular flexibility index (Phi) is 35.3. The number of hydrogen-bond acceptors (Lipinski definition) is 18. The van der Waals surface area contributed by atoms with Crippen LogP contribution in [0.4, 0.5) is 0 Å². The normalized spacial score (nSPS) is 14.6. The van der Waals surface area contributed by atoms with Crippen molar-refractivity contribution in [1.82, 2.24) is 47.9 Å². The molecule has 34 heteroatoms. The molecule has 0 rings (SSSR count). The minimum Gasteiger partial charge on any atom is -0.481 e. The molecule has 0 aromatic rings. The first-order valence-electron chi connectivity index (χ1n) is 26.7. The van der Waals surface area contributed by atoms with E-state index < -0.39 is 195 Å². The van der Waals surface area contributed by atoms with Crippen molar-refractivity contribution in [3.63, 3.8) is 0 Å². The van der Waals surface area contributed by atoms with Gasteiger partial charge in [0.1, 0.15) is 48.3 Å². The molecule has 24 N–H and O–H groups in total. The Morgan fingerprint density at radius 1 is 0.458 bits per heavy atom. The van der Waals surface area contributed by atoms with Gasteiger partial charge in [-0.15, -0.1) is 0 Å². The third kappa shape index (κ3) is 32.7. The van der Waals surface area contributed by atoms with Crippen molar-refractivity contribution in [3.8, 4) is 0 Å². The average Bonchev–Trinajstić information content (AvgIpc) is 3.45. The maximum atomic E-state index is 14.1. The van der Waals surface area contributed by atoms with E-state index in [4.69, 9.17) is 28.7 Å². The Morgan fingerprint density at radius 3 is 1.25 bits per heavy atom. The van der Waals surface area contributed by atoms with Crippen LogP contribution in [0.2, 0.25) is 0 Å². The summed E-state index contributed by atoms with van der Waals surface area (Å²) in [6.07, 6.45) is -6.27. The highest BCUT2D eigenvalue weighted by Crippen LogP contribution is 2.12. The van der Waals surface area contributed by atoms with Gasteiger partial charge < -0.3 is 102 Å². The number of nitrogens with one attached hydrogen (secondary N) is 9. The lowest BCUT2D eigenvalue weighted by atomic mass is 10.0. The zero-order chi connectivity index (χ0) is 63.7. The number of aliphatic hydroxyl groups is 1. The maximum absolute atomic E-state index is 14.1. The molecule has 0 bridgehead atoms. The number of carboxylic acid groups (broad SMARTS) is 4. The van der Waals surface area contributed by atoms with Gasteiger partial charge >= 0.3 is 23.9 Å². The van der Waals surface area contributed by atoms with Crippen LogP contribution >= 0.6 is 0 Å². The first-order chi connectivity index (χ1) is 38.7. The number of rotatable bonds is 43. The smallest absolute Gasteiger partial charge is 0.326 e. The lowest BCUT2D eigenvalue weighted by molar-refractivity contribution is -0.142. The quantitative estimate of drug-likeness (QED) is 0.0153. The fourth-order valence-corrected chi connectivity index (χ4v) is 7.67. The average molecular weight is 1190 g/mol. The van der Waals surface area contributed by atoms with Gasteiger partial charge in [-0.2, -0.15) is 0 Å². The molecule has 0 fully saturated rings. The molecular weight excluding hydrogens is 1100 g/mol. The molecule has 0 aliphatic heterocycles. The molecule has 0 aliphatic carbocycles. The van der Waals surface area contributed by atoms with Crippen LogP contribution in [0.1, 0.15) is 125 Å². The summed E-state index contributed by atoms with van der Waals surface area (Å²) < 4.78 is 0. The van der Waals surface area contributed by atoms with Gasteiger partial charge in [0.2, 0.25) is 59.1 Å². The lowest BCUT2D eigenvalue weighted by Gasteiger charge is -2.28. The summed E-state index contributed by atoms with van der Waals surface area (Å²) in [5.41, 5.74) is 27.1. The van der Waals surface area contributed by atoms with E-state index in [9.17, 15) is 92.7 Å². The van der Waals surface area contributed by atoms with Crippen LogP contribution in [0, 0.1) is 11.8 Å². The Hall–Kier alpha value is -8.27. The Morgan fingerprint density at radius 2 is 0.843 bits per heavy atom. The van der Waals surface area contributed by atoms with Gasteiger partial charge in [0.15, 0.2) is 5.96 Å². The number of unbranched alkanes of at least 4 members (excludes halogenated alkanes) is 1. The van der Waals surface area contributed by atoms with Crippen molar-refractivity contribution < 1.29 is 92.7 Å². The monoisotopic (exact) mass is 1190 g/mol.